The van der Waals surface area contributed by atoms with Crippen molar-refractivity contribution in [2.75, 3.05) is 19.6 Å². The molecule has 0 amide bonds. The third kappa shape index (κ3) is 4.80. The van der Waals surface area contributed by atoms with Gasteiger partial charge in [0.2, 0.25) is 0 Å². The molecule has 0 saturated carbocycles. The first-order chi connectivity index (χ1) is 7.26. The molecule has 0 bridgehead atoms. The summed E-state index contributed by atoms with van der Waals surface area (Å²) in [6, 6.07) is 0. The smallest absolute Gasteiger partial charge is 0.0670 e. The summed E-state index contributed by atoms with van der Waals surface area (Å²) in [6.07, 6.45) is 7.44. The van der Waals surface area contributed by atoms with E-state index in [1.807, 2.05) is 6.08 Å². The van der Waals surface area contributed by atoms with Gasteiger partial charge in [-0.25, -0.2) is 0 Å². The van der Waals surface area contributed by atoms with E-state index in [4.69, 9.17) is 0 Å². The maximum absolute atomic E-state index is 9.80. The van der Waals surface area contributed by atoms with Gasteiger partial charge >= 0.3 is 0 Å². The lowest BCUT2D eigenvalue weighted by Crippen LogP contribution is -2.40. The quantitative estimate of drug-likeness (QED) is 0.682. The van der Waals surface area contributed by atoms with Crippen LogP contribution in [0.25, 0.3) is 0 Å². The zero-order valence-electron chi connectivity index (χ0n) is 9.99. The predicted molar refractivity (Wildman–Crippen MR) is 64.9 cm³/mol. The number of β-amino-alcohol motifs (C(OH)–C–C–N with tert-alkyl or cyclic N) is 1. The fraction of sp³-hybridized carbons (Fsp3) is 0.846. The van der Waals surface area contributed by atoms with E-state index in [2.05, 4.69) is 18.4 Å². The Morgan fingerprint density at radius 1 is 1.60 bits per heavy atom. The van der Waals surface area contributed by atoms with Crippen LogP contribution < -0.4 is 0 Å². The molecule has 0 spiro atoms. The Morgan fingerprint density at radius 2 is 2.40 bits per heavy atom. The summed E-state index contributed by atoms with van der Waals surface area (Å²) in [5, 5.41) is 9.80. The highest BCUT2D eigenvalue weighted by Gasteiger charge is 2.19. The standard InChI is InChI=1S/C13H25NO/c1-3-5-8-13(15)11-14-9-6-7-12(4-2)10-14/h3,12-13,15H,1,4-11H2,2H3. The fourth-order valence-electron chi connectivity index (χ4n) is 2.35. The first-order valence-electron chi connectivity index (χ1n) is 6.27. The molecule has 1 aliphatic heterocycles. The summed E-state index contributed by atoms with van der Waals surface area (Å²) in [7, 11) is 0. The zero-order valence-corrected chi connectivity index (χ0v) is 9.99. The van der Waals surface area contributed by atoms with Crippen LogP contribution in [0.3, 0.4) is 0 Å². The van der Waals surface area contributed by atoms with E-state index >= 15 is 0 Å². The average Bonchev–Trinajstić information content (AvgIpc) is 2.26. The number of nitrogens with zero attached hydrogens (tertiary/aromatic N) is 1. The van der Waals surface area contributed by atoms with Crippen LogP contribution in [0.1, 0.15) is 39.0 Å². The molecular formula is C13H25NO. The second kappa shape index (κ2) is 7.02. The number of hydrogen-bond acceptors (Lipinski definition) is 2. The number of hydrogen-bond donors (Lipinski definition) is 1. The molecule has 1 aliphatic rings. The molecule has 0 aromatic carbocycles. The molecule has 1 fully saturated rings. The highest BCUT2D eigenvalue weighted by molar-refractivity contribution is 4.76. The van der Waals surface area contributed by atoms with Gasteiger partial charge in [0.25, 0.3) is 0 Å². The molecule has 88 valence electrons. The van der Waals surface area contributed by atoms with Crippen molar-refractivity contribution in [3.05, 3.63) is 12.7 Å². The molecule has 0 aromatic heterocycles. The van der Waals surface area contributed by atoms with E-state index in [0.717, 1.165) is 25.3 Å². The van der Waals surface area contributed by atoms with Crippen LogP contribution in [-0.2, 0) is 0 Å². The Balaban J connectivity index is 2.21. The normalized spacial score (nSPS) is 25.1. The van der Waals surface area contributed by atoms with E-state index in [-0.39, 0.29) is 6.10 Å². The third-order valence-electron chi connectivity index (χ3n) is 3.35. The van der Waals surface area contributed by atoms with Crippen LogP contribution in [0.2, 0.25) is 0 Å². The van der Waals surface area contributed by atoms with Crippen LogP contribution in [0, 0.1) is 5.92 Å². The minimum Gasteiger partial charge on any atom is -0.392 e. The molecule has 1 saturated heterocycles. The molecule has 1 N–H and O–H groups in total. The van der Waals surface area contributed by atoms with Crippen molar-refractivity contribution in [1.29, 1.82) is 0 Å². The van der Waals surface area contributed by atoms with Crippen molar-refractivity contribution in [2.24, 2.45) is 5.92 Å². The minimum atomic E-state index is -0.168. The second-order valence-corrected chi connectivity index (χ2v) is 4.70. The molecule has 0 radical (unpaired) electrons. The number of aliphatic hydroxyl groups excluding tert-OH is 1. The van der Waals surface area contributed by atoms with Gasteiger partial charge in [-0.15, -0.1) is 6.58 Å². The average molecular weight is 211 g/mol. The van der Waals surface area contributed by atoms with Gasteiger partial charge in [-0.2, -0.15) is 0 Å². The number of aliphatic hydroxyl groups is 1. The Labute approximate surface area is 94.0 Å². The van der Waals surface area contributed by atoms with Crippen LogP contribution in [-0.4, -0.2) is 35.7 Å². The van der Waals surface area contributed by atoms with Crippen molar-refractivity contribution in [1.82, 2.24) is 4.90 Å². The Kier molecular flexibility index (Phi) is 5.96. The van der Waals surface area contributed by atoms with E-state index < -0.39 is 0 Å². The van der Waals surface area contributed by atoms with Gasteiger partial charge in [0.15, 0.2) is 0 Å². The summed E-state index contributed by atoms with van der Waals surface area (Å²) in [5.41, 5.74) is 0. The Hall–Kier alpha value is -0.340. The van der Waals surface area contributed by atoms with Gasteiger partial charge in [-0.3, -0.25) is 0 Å². The molecule has 2 unspecified atom stereocenters. The fourth-order valence-corrected chi connectivity index (χ4v) is 2.35. The molecule has 2 atom stereocenters. The summed E-state index contributed by atoms with van der Waals surface area (Å²) in [6.45, 7) is 9.15. The molecular weight excluding hydrogens is 186 g/mol. The summed E-state index contributed by atoms with van der Waals surface area (Å²) in [5.74, 6) is 0.852. The van der Waals surface area contributed by atoms with E-state index in [1.165, 1.54) is 32.4 Å². The highest BCUT2D eigenvalue weighted by atomic mass is 16.3. The van der Waals surface area contributed by atoms with Gasteiger partial charge < -0.3 is 10.0 Å². The van der Waals surface area contributed by atoms with Gasteiger partial charge in [-0.05, 0) is 38.1 Å². The molecule has 2 nitrogen and oxygen atoms in total. The highest BCUT2D eigenvalue weighted by Crippen LogP contribution is 2.19. The van der Waals surface area contributed by atoms with Crippen molar-refractivity contribution in [3.8, 4) is 0 Å². The summed E-state index contributed by atoms with van der Waals surface area (Å²) < 4.78 is 0. The van der Waals surface area contributed by atoms with E-state index in [1.54, 1.807) is 0 Å². The molecule has 0 aromatic rings. The van der Waals surface area contributed by atoms with Gasteiger partial charge in [-0.1, -0.05) is 19.4 Å². The topological polar surface area (TPSA) is 23.5 Å². The summed E-state index contributed by atoms with van der Waals surface area (Å²) >= 11 is 0. The number of allylic oxidation sites excluding steroid dienone is 1. The van der Waals surface area contributed by atoms with Crippen molar-refractivity contribution in [2.45, 2.75) is 45.1 Å². The van der Waals surface area contributed by atoms with E-state index in [9.17, 15) is 5.11 Å². The van der Waals surface area contributed by atoms with Gasteiger partial charge in [0.05, 0.1) is 6.10 Å². The lowest BCUT2D eigenvalue weighted by atomic mass is 9.95. The number of rotatable bonds is 6. The maximum atomic E-state index is 9.80. The second-order valence-electron chi connectivity index (χ2n) is 4.70. The maximum Gasteiger partial charge on any atom is 0.0670 e. The SMILES string of the molecule is C=CCCC(O)CN1CCCC(CC)C1. The van der Waals surface area contributed by atoms with E-state index in [0.29, 0.717) is 0 Å². The van der Waals surface area contributed by atoms with Gasteiger partial charge in [0.1, 0.15) is 0 Å². The molecule has 15 heavy (non-hydrogen) atoms. The first kappa shape index (κ1) is 12.7. The predicted octanol–water partition coefficient (Wildman–Crippen LogP) is 2.44. The lowest BCUT2D eigenvalue weighted by Gasteiger charge is -2.33. The van der Waals surface area contributed by atoms with Crippen molar-refractivity contribution in [3.63, 3.8) is 0 Å². The number of piperidine rings is 1. The van der Waals surface area contributed by atoms with Crippen LogP contribution >= 0.6 is 0 Å². The molecule has 0 aliphatic carbocycles. The first-order valence-corrected chi connectivity index (χ1v) is 6.27. The van der Waals surface area contributed by atoms with Crippen LogP contribution in [0.15, 0.2) is 12.7 Å². The molecule has 1 heterocycles. The Morgan fingerprint density at radius 3 is 3.07 bits per heavy atom. The molecule has 2 heteroatoms. The molecule has 1 rings (SSSR count). The van der Waals surface area contributed by atoms with Crippen LogP contribution in [0.5, 0.6) is 0 Å². The van der Waals surface area contributed by atoms with Crippen molar-refractivity contribution >= 4 is 0 Å². The van der Waals surface area contributed by atoms with Crippen LogP contribution in [0.4, 0.5) is 0 Å². The third-order valence-corrected chi connectivity index (χ3v) is 3.35. The zero-order chi connectivity index (χ0) is 11.1. The largest absolute Gasteiger partial charge is 0.392 e. The van der Waals surface area contributed by atoms with Crippen molar-refractivity contribution < 1.29 is 5.11 Å². The minimum absolute atomic E-state index is 0.168. The van der Waals surface area contributed by atoms with Gasteiger partial charge in [0, 0.05) is 13.1 Å². The summed E-state index contributed by atoms with van der Waals surface area (Å²) in [4.78, 5) is 2.42. The monoisotopic (exact) mass is 211 g/mol. The lowest BCUT2D eigenvalue weighted by molar-refractivity contribution is 0.0792. The Bertz CT molecular complexity index is 181. The number of likely N-dealkylation sites (tertiary alicyclic amines) is 1.